The van der Waals surface area contributed by atoms with Crippen molar-refractivity contribution in [2.24, 2.45) is 5.73 Å². The third kappa shape index (κ3) is 3.61. The molecule has 21 heavy (non-hydrogen) atoms. The Bertz CT molecular complexity index is 620. The smallest absolute Gasteiger partial charge is 0.337 e. The fourth-order valence-electron chi connectivity index (χ4n) is 2.09. The number of benzene rings is 2. The van der Waals surface area contributed by atoms with E-state index in [4.69, 9.17) is 10.5 Å². The second-order valence-corrected chi connectivity index (χ2v) is 4.74. The Morgan fingerprint density at radius 1 is 1.14 bits per heavy atom. The molecule has 2 N–H and O–H groups in total. The maximum absolute atomic E-state index is 11.4. The van der Waals surface area contributed by atoms with Crippen LogP contribution in [0.25, 0.3) is 0 Å². The quantitative estimate of drug-likeness (QED) is 0.858. The zero-order chi connectivity index (χ0) is 15.2. The van der Waals surface area contributed by atoms with Gasteiger partial charge in [-0.3, -0.25) is 0 Å². The summed E-state index contributed by atoms with van der Waals surface area (Å²) in [6.07, 6.45) is 0. The molecule has 0 unspecified atom stereocenters. The van der Waals surface area contributed by atoms with Crippen LogP contribution in [-0.4, -0.2) is 13.1 Å². The van der Waals surface area contributed by atoms with Gasteiger partial charge in [0, 0.05) is 12.1 Å². The molecule has 0 atom stereocenters. The lowest BCUT2D eigenvalue weighted by molar-refractivity contribution is 0.0600. The van der Waals surface area contributed by atoms with E-state index in [2.05, 4.69) is 4.74 Å². The summed E-state index contributed by atoms with van der Waals surface area (Å²) in [6, 6.07) is 13.1. The Morgan fingerprint density at radius 3 is 2.48 bits per heavy atom. The molecule has 0 fully saturated rings. The first kappa shape index (κ1) is 15.1. The molecule has 0 radical (unpaired) electrons. The Balaban J connectivity index is 2.08. The molecule has 0 spiro atoms. The number of hydrogen-bond acceptors (Lipinski definition) is 4. The highest BCUT2D eigenvalue weighted by Crippen LogP contribution is 2.24. The summed E-state index contributed by atoms with van der Waals surface area (Å²) in [5.41, 5.74) is 9.28. The van der Waals surface area contributed by atoms with Crippen molar-refractivity contribution in [1.29, 1.82) is 0 Å². The summed E-state index contributed by atoms with van der Waals surface area (Å²) < 4.78 is 10.5. The highest BCUT2D eigenvalue weighted by Gasteiger charge is 2.07. The van der Waals surface area contributed by atoms with E-state index in [1.807, 2.05) is 37.3 Å². The molecule has 0 saturated heterocycles. The minimum absolute atomic E-state index is 0.341. The third-order valence-corrected chi connectivity index (χ3v) is 3.27. The summed E-state index contributed by atoms with van der Waals surface area (Å²) >= 11 is 0. The molecule has 0 aliphatic rings. The summed E-state index contributed by atoms with van der Waals surface area (Å²) in [7, 11) is 1.37. The van der Waals surface area contributed by atoms with Crippen molar-refractivity contribution in [2.45, 2.75) is 20.1 Å². The van der Waals surface area contributed by atoms with Gasteiger partial charge >= 0.3 is 5.97 Å². The number of methoxy groups -OCH3 is 1. The lowest BCUT2D eigenvalue weighted by atomic mass is 10.1. The summed E-state index contributed by atoms with van der Waals surface area (Å²) in [4.78, 5) is 11.4. The molecule has 4 nitrogen and oxygen atoms in total. The minimum Gasteiger partial charge on any atom is -0.488 e. The number of rotatable bonds is 5. The van der Waals surface area contributed by atoms with E-state index in [0.29, 0.717) is 18.7 Å². The molecule has 2 aromatic rings. The predicted molar refractivity (Wildman–Crippen MR) is 81.2 cm³/mol. The maximum atomic E-state index is 11.4. The second-order valence-electron chi connectivity index (χ2n) is 4.74. The third-order valence-electron chi connectivity index (χ3n) is 3.27. The van der Waals surface area contributed by atoms with Crippen LogP contribution in [-0.2, 0) is 17.9 Å². The van der Waals surface area contributed by atoms with Crippen molar-refractivity contribution in [3.8, 4) is 5.75 Å². The summed E-state index contributed by atoms with van der Waals surface area (Å²) in [5.74, 6) is 0.490. The number of esters is 1. The van der Waals surface area contributed by atoms with Crippen molar-refractivity contribution in [2.75, 3.05) is 7.11 Å². The molecule has 4 heteroatoms. The van der Waals surface area contributed by atoms with E-state index < -0.39 is 0 Å². The van der Waals surface area contributed by atoms with Gasteiger partial charge in [-0.15, -0.1) is 0 Å². The van der Waals surface area contributed by atoms with Gasteiger partial charge in [0.1, 0.15) is 12.4 Å². The molecule has 0 aliphatic heterocycles. The zero-order valence-electron chi connectivity index (χ0n) is 12.3. The van der Waals surface area contributed by atoms with E-state index in [0.717, 1.165) is 22.4 Å². The molecule has 0 bridgehead atoms. The number of para-hydroxylation sites is 1. The summed E-state index contributed by atoms with van der Waals surface area (Å²) in [6.45, 7) is 2.87. The fraction of sp³-hybridized carbons (Fsp3) is 0.235. The molecular formula is C17H19NO3. The molecule has 0 amide bonds. The number of carbonyl (C=O) groups is 1. The van der Waals surface area contributed by atoms with Crippen molar-refractivity contribution < 1.29 is 14.3 Å². The van der Waals surface area contributed by atoms with Crippen LogP contribution in [0.15, 0.2) is 42.5 Å². The van der Waals surface area contributed by atoms with Crippen LogP contribution in [0.2, 0.25) is 0 Å². The van der Waals surface area contributed by atoms with E-state index >= 15 is 0 Å². The first-order valence-corrected chi connectivity index (χ1v) is 6.74. The minimum atomic E-state index is -0.341. The maximum Gasteiger partial charge on any atom is 0.337 e. The number of nitrogens with two attached hydrogens (primary N) is 1. The Hall–Kier alpha value is -2.33. The van der Waals surface area contributed by atoms with Crippen LogP contribution in [0.1, 0.15) is 27.0 Å². The fourth-order valence-corrected chi connectivity index (χ4v) is 2.09. The van der Waals surface area contributed by atoms with Gasteiger partial charge in [0.25, 0.3) is 0 Å². The van der Waals surface area contributed by atoms with Gasteiger partial charge in [-0.2, -0.15) is 0 Å². The number of hydrogen-bond donors (Lipinski definition) is 1. The lowest BCUT2D eigenvalue weighted by Gasteiger charge is -2.13. The van der Waals surface area contributed by atoms with Gasteiger partial charge in [-0.25, -0.2) is 4.79 Å². The Morgan fingerprint density at radius 2 is 1.86 bits per heavy atom. The molecule has 0 saturated carbocycles. The van der Waals surface area contributed by atoms with E-state index in [1.165, 1.54) is 7.11 Å². The molecule has 0 aromatic heterocycles. The van der Waals surface area contributed by atoms with Crippen LogP contribution in [0.4, 0.5) is 0 Å². The van der Waals surface area contributed by atoms with Crippen molar-refractivity contribution >= 4 is 5.97 Å². The topological polar surface area (TPSA) is 61.5 Å². The normalized spacial score (nSPS) is 10.2. The Kier molecular flexibility index (Phi) is 4.95. The van der Waals surface area contributed by atoms with E-state index in [9.17, 15) is 4.79 Å². The molecule has 0 aliphatic carbocycles. The van der Waals surface area contributed by atoms with Crippen LogP contribution >= 0.6 is 0 Å². The summed E-state index contributed by atoms with van der Waals surface area (Å²) in [5, 5.41) is 0. The van der Waals surface area contributed by atoms with E-state index in [1.54, 1.807) is 12.1 Å². The van der Waals surface area contributed by atoms with Crippen LogP contribution in [0, 0.1) is 6.92 Å². The molecular weight excluding hydrogens is 266 g/mol. The largest absolute Gasteiger partial charge is 0.488 e. The van der Waals surface area contributed by atoms with Gasteiger partial charge in [0.2, 0.25) is 0 Å². The molecule has 2 aromatic carbocycles. The van der Waals surface area contributed by atoms with Crippen LogP contribution in [0.3, 0.4) is 0 Å². The number of ether oxygens (including phenoxy) is 2. The molecule has 110 valence electrons. The standard InChI is InChI=1S/C17H19NO3/c1-12-4-3-5-15(10-18)16(12)21-11-13-6-8-14(9-7-13)17(19)20-2/h3-9H,10-11,18H2,1-2H3. The number of aryl methyl sites for hydroxylation is 1. The van der Waals surface area contributed by atoms with Gasteiger partial charge in [-0.05, 0) is 30.2 Å². The predicted octanol–water partition coefficient (Wildman–Crippen LogP) is 2.82. The number of carbonyl (C=O) groups excluding carboxylic acids is 1. The first-order valence-electron chi connectivity index (χ1n) is 6.74. The van der Waals surface area contributed by atoms with Crippen molar-refractivity contribution in [1.82, 2.24) is 0 Å². The second kappa shape index (κ2) is 6.90. The average Bonchev–Trinajstić information content (AvgIpc) is 2.53. The highest BCUT2D eigenvalue weighted by molar-refractivity contribution is 5.89. The molecule has 2 rings (SSSR count). The molecule has 0 heterocycles. The van der Waals surface area contributed by atoms with Gasteiger partial charge in [0.05, 0.1) is 12.7 Å². The van der Waals surface area contributed by atoms with Gasteiger partial charge in [-0.1, -0.05) is 30.3 Å². The van der Waals surface area contributed by atoms with Crippen LogP contribution in [0.5, 0.6) is 5.75 Å². The van der Waals surface area contributed by atoms with Crippen LogP contribution < -0.4 is 10.5 Å². The lowest BCUT2D eigenvalue weighted by Crippen LogP contribution is -2.05. The van der Waals surface area contributed by atoms with Crippen molar-refractivity contribution in [3.05, 3.63) is 64.7 Å². The first-order chi connectivity index (χ1) is 10.2. The zero-order valence-corrected chi connectivity index (χ0v) is 12.3. The van der Waals surface area contributed by atoms with Gasteiger partial charge in [0.15, 0.2) is 0 Å². The average molecular weight is 285 g/mol. The highest BCUT2D eigenvalue weighted by atomic mass is 16.5. The monoisotopic (exact) mass is 285 g/mol. The SMILES string of the molecule is COC(=O)c1ccc(COc2c(C)cccc2CN)cc1. The van der Waals surface area contributed by atoms with Gasteiger partial charge < -0.3 is 15.2 Å². The van der Waals surface area contributed by atoms with E-state index in [-0.39, 0.29) is 5.97 Å². The Labute approximate surface area is 124 Å². The van der Waals surface area contributed by atoms with Crippen molar-refractivity contribution in [3.63, 3.8) is 0 Å².